The molecule has 0 aromatic carbocycles. The van der Waals surface area contributed by atoms with Crippen molar-refractivity contribution in [2.24, 2.45) is 0 Å². The van der Waals surface area contributed by atoms with Crippen LogP contribution in [0.5, 0.6) is 0 Å². The maximum Gasteiger partial charge on any atom is 0.424 e. The van der Waals surface area contributed by atoms with Gasteiger partial charge in [-0.3, -0.25) is 4.79 Å². The second-order valence-electron chi connectivity index (χ2n) is 4.02. The lowest BCUT2D eigenvalue weighted by molar-refractivity contribution is -0.233. The van der Waals surface area contributed by atoms with Crippen molar-refractivity contribution in [3.63, 3.8) is 0 Å². The van der Waals surface area contributed by atoms with E-state index in [-0.39, 0.29) is 0 Å². The molecular formula is C7H12ClF3O2Si. The fraction of sp³-hybridized carbons (Fsp3) is 0.857. The van der Waals surface area contributed by atoms with Crippen LogP contribution in [0.2, 0.25) is 19.6 Å². The molecule has 1 atom stereocenters. The summed E-state index contributed by atoms with van der Waals surface area (Å²) in [5.41, 5.74) is -2.89. The van der Waals surface area contributed by atoms with Gasteiger partial charge >= 0.3 is 6.18 Å². The van der Waals surface area contributed by atoms with Crippen LogP contribution in [-0.2, 0) is 9.22 Å². The normalized spacial score (nSPS) is 17.7. The first-order valence-corrected chi connectivity index (χ1v) is 7.65. The zero-order chi connectivity index (χ0) is 11.8. The first-order chi connectivity index (χ1) is 5.90. The Labute approximate surface area is 86.5 Å². The number of halogens is 4. The van der Waals surface area contributed by atoms with Crippen molar-refractivity contribution >= 4 is 25.2 Å². The van der Waals surface area contributed by atoms with Gasteiger partial charge in [0, 0.05) is 0 Å². The molecule has 0 fully saturated rings. The molecule has 14 heavy (non-hydrogen) atoms. The predicted octanol–water partition coefficient (Wildman–Crippen LogP) is 2.92. The molecule has 0 aromatic heterocycles. The average Bonchev–Trinajstić information content (AvgIpc) is 1.79. The molecule has 0 aliphatic rings. The molecule has 84 valence electrons. The minimum absolute atomic E-state index is 0.653. The Balaban J connectivity index is 5.04. The molecule has 0 radical (unpaired) electrons. The van der Waals surface area contributed by atoms with E-state index in [1.807, 2.05) is 0 Å². The summed E-state index contributed by atoms with van der Waals surface area (Å²) < 4.78 is 42.2. The molecular weight excluding hydrogens is 237 g/mol. The van der Waals surface area contributed by atoms with E-state index < -0.39 is 25.3 Å². The van der Waals surface area contributed by atoms with Gasteiger partial charge in [0.2, 0.25) is 5.60 Å². The summed E-state index contributed by atoms with van der Waals surface area (Å²) in [5.74, 6) is 0. The molecule has 2 nitrogen and oxygen atoms in total. The van der Waals surface area contributed by atoms with Crippen LogP contribution in [0.15, 0.2) is 0 Å². The van der Waals surface area contributed by atoms with Crippen molar-refractivity contribution in [3.8, 4) is 0 Å². The van der Waals surface area contributed by atoms with Gasteiger partial charge in [-0.1, -0.05) is 0 Å². The zero-order valence-corrected chi connectivity index (χ0v) is 10.1. The van der Waals surface area contributed by atoms with Crippen LogP contribution in [-0.4, -0.2) is 25.3 Å². The van der Waals surface area contributed by atoms with Crippen molar-refractivity contribution in [3.05, 3.63) is 0 Å². The van der Waals surface area contributed by atoms with Crippen LogP contribution in [0.1, 0.15) is 6.92 Å². The second-order valence-corrected chi connectivity index (χ2v) is 8.79. The van der Waals surface area contributed by atoms with Crippen LogP contribution < -0.4 is 0 Å². The molecule has 0 aliphatic heterocycles. The Morgan fingerprint density at radius 1 is 1.29 bits per heavy atom. The molecule has 0 N–H and O–H groups in total. The molecule has 0 bridgehead atoms. The summed E-state index contributed by atoms with van der Waals surface area (Å²) in [6.45, 7) is 5.31. The lowest BCUT2D eigenvalue weighted by atomic mass is 10.1. The highest BCUT2D eigenvalue weighted by atomic mass is 35.5. The van der Waals surface area contributed by atoms with E-state index in [2.05, 4.69) is 0 Å². The molecule has 0 heterocycles. The Kier molecular flexibility index (Phi) is 3.80. The van der Waals surface area contributed by atoms with Crippen LogP contribution in [0.25, 0.3) is 0 Å². The van der Waals surface area contributed by atoms with Crippen molar-refractivity contribution in [1.82, 2.24) is 0 Å². The minimum atomic E-state index is -4.79. The molecule has 0 aromatic rings. The quantitative estimate of drug-likeness (QED) is 0.567. The lowest BCUT2D eigenvalue weighted by Crippen LogP contribution is -2.54. The summed E-state index contributed by atoms with van der Waals surface area (Å²) in [4.78, 5) is 10.7. The van der Waals surface area contributed by atoms with E-state index in [9.17, 15) is 18.0 Å². The van der Waals surface area contributed by atoms with Gasteiger partial charge in [0.05, 0.1) is 0 Å². The largest absolute Gasteiger partial charge is 0.424 e. The second kappa shape index (κ2) is 3.82. The van der Waals surface area contributed by atoms with Gasteiger partial charge in [0.15, 0.2) is 8.32 Å². The highest BCUT2D eigenvalue weighted by Crippen LogP contribution is 2.37. The fourth-order valence-electron chi connectivity index (χ4n) is 0.822. The number of hydrogen-bond donors (Lipinski definition) is 0. The smallest absolute Gasteiger partial charge is 0.397 e. The van der Waals surface area contributed by atoms with Gasteiger partial charge in [-0.2, -0.15) is 13.2 Å². The van der Waals surface area contributed by atoms with Crippen molar-refractivity contribution in [1.29, 1.82) is 0 Å². The molecule has 0 rings (SSSR count). The number of carbonyl (C=O) groups is 1. The maximum absolute atomic E-state index is 12.5. The minimum Gasteiger partial charge on any atom is -0.397 e. The first-order valence-electron chi connectivity index (χ1n) is 3.87. The van der Waals surface area contributed by atoms with E-state index in [0.717, 1.165) is 0 Å². The van der Waals surface area contributed by atoms with Gasteiger partial charge in [0.25, 0.3) is 5.24 Å². The average molecular weight is 249 g/mol. The highest BCUT2D eigenvalue weighted by molar-refractivity contribution is 6.71. The molecule has 0 unspecified atom stereocenters. The first kappa shape index (κ1) is 13.9. The maximum atomic E-state index is 12.5. The predicted molar refractivity (Wildman–Crippen MR) is 49.8 cm³/mol. The summed E-state index contributed by atoms with van der Waals surface area (Å²) in [7, 11) is -2.49. The number of hydrogen-bond acceptors (Lipinski definition) is 2. The molecule has 0 spiro atoms. The van der Waals surface area contributed by atoms with E-state index in [0.29, 0.717) is 6.92 Å². The Morgan fingerprint density at radius 3 is 1.71 bits per heavy atom. The summed E-state index contributed by atoms with van der Waals surface area (Å²) in [6.07, 6.45) is -4.79. The Bertz CT molecular complexity index is 236. The topological polar surface area (TPSA) is 26.3 Å². The Morgan fingerprint density at radius 2 is 1.64 bits per heavy atom. The molecule has 0 amide bonds. The molecule has 0 saturated heterocycles. The van der Waals surface area contributed by atoms with Gasteiger partial charge in [-0.25, -0.2) is 0 Å². The van der Waals surface area contributed by atoms with Crippen LogP contribution in [0, 0.1) is 0 Å². The van der Waals surface area contributed by atoms with E-state index in [4.69, 9.17) is 16.0 Å². The van der Waals surface area contributed by atoms with Gasteiger partial charge in [0.1, 0.15) is 0 Å². The SMILES string of the molecule is C[C@@](O[Si](C)(C)C)(C(=O)Cl)C(F)(F)F. The monoisotopic (exact) mass is 248 g/mol. The van der Waals surface area contributed by atoms with Gasteiger partial charge in [-0.05, 0) is 38.2 Å². The third kappa shape index (κ3) is 3.25. The third-order valence-corrected chi connectivity index (χ3v) is 2.81. The van der Waals surface area contributed by atoms with Crippen LogP contribution >= 0.6 is 11.6 Å². The molecule has 0 aliphatic carbocycles. The fourth-order valence-corrected chi connectivity index (χ4v) is 2.47. The van der Waals surface area contributed by atoms with E-state index >= 15 is 0 Å². The van der Waals surface area contributed by atoms with Crippen LogP contribution in [0.4, 0.5) is 13.2 Å². The zero-order valence-electron chi connectivity index (χ0n) is 8.33. The number of rotatable bonds is 3. The highest BCUT2D eigenvalue weighted by Gasteiger charge is 2.58. The summed E-state index contributed by atoms with van der Waals surface area (Å²) >= 11 is 4.91. The van der Waals surface area contributed by atoms with E-state index in [1.54, 1.807) is 19.6 Å². The summed E-state index contributed by atoms with van der Waals surface area (Å²) in [6, 6.07) is 0. The van der Waals surface area contributed by atoms with Crippen molar-refractivity contribution in [2.75, 3.05) is 0 Å². The lowest BCUT2D eigenvalue weighted by Gasteiger charge is -2.34. The van der Waals surface area contributed by atoms with Crippen LogP contribution in [0.3, 0.4) is 0 Å². The summed E-state index contributed by atoms with van der Waals surface area (Å²) in [5, 5.41) is -1.53. The molecule has 0 saturated carbocycles. The number of alkyl halides is 3. The van der Waals surface area contributed by atoms with E-state index in [1.165, 1.54) is 0 Å². The number of carbonyl (C=O) groups excluding carboxylic acids is 1. The standard InChI is InChI=1S/C7H12ClF3O2Si/c1-6(5(8)12,7(9,10)11)13-14(2,3)4/h1-4H3/t6-/m1/s1. The van der Waals surface area contributed by atoms with Gasteiger partial charge < -0.3 is 4.43 Å². The molecule has 7 heteroatoms. The van der Waals surface area contributed by atoms with Crippen molar-refractivity contribution < 1.29 is 22.4 Å². The third-order valence-electron chi connectivity index (χ3n) is 1.43. The Hall–Kier alpha value is -0.0731. The van der Waals surface area contributed by atoms with Gasteiger partial charge in [-0.15, -0.1) is 0 Å². The van der Waals surface area contributed by atoms with Crippen molar-refractivity contribution in [2.45, 2.75) is 38.3 Å².